The van der Waals surface area contributed by atoms with E-state index < -0.39 is 23.8 Å². The van der Waals surface area contributed by atoms with Crippen LogP contribution in [0.1, 0.15) is 71.7 Å². The number of piperazine rings is 1. The van der Waals surface area contributed by atoms with Crippen molar-refractivity contribution in [3.05, 3.63) is 76.7 Å². The van der Waals surface area contributed by atoms with Gasteiger partial charge in [0.15, 0.2) is 0 Å². The molecule has 0 radical (unpaired) electrons. The van der Waals surface area contributed by atoms with E-state index in [1.807, 2.05) is 25.1 Å². The van der Waals surface area contributed by atoms with Crippen molar-refractivity contribution in [2.75, 3.05) is 70.4 Å². The number of amides is 4. The lowest BCUT2D eigenvalue weighted by Crippen LogP contribution is -2.60. The first-order valence-electron chi connectivity index (χ1n) is 20.4. The molecule has 4 unspecified atom stereocenters. The van der Waals surface area contributed by atoms with Gasteiger partial charge in [-0.2, -0.15) is 0 Å². The number of anilines is 1. The minimum absolute atomic E-state index is 0.129. The summed E-state index contributed by atoms with van der Waals surface area (Å²) in [5.74, 6) is 0.0432. The highest BCUT2D eigenvalue weighted by Gasteiger charge is 2.43. The molecule has 3 saturated heterocycles. The lowest BCUT2D eigenvalue weighted by molar-refractivity contribution is -0.128. The average molecular weight is 784 g/mol. The van der Waals surface area contributed by atoms with Gasteiger partial charge in [0, 0.05) is 75.3 Å². The lowest BCUT2D eigenvalue weighted by atomic mass is 9.88. The zero-order valence-corrected chi connectivity index (χ0v) is 32.8. The van der Waals surface area contributed by atoms with E-state index in [4.69, 9.17) is 11.5 Å². The van der Waals surface area contributed by atoms with E-state index in [-0.39, 0.29) is 42.8 Å². The summed E-state index contributed by atoms with van der Waals surface area (Å²) in [6.45, 7) is 9.92. The number of phenols is 1. The highest BCUT2D eigenvalue weighted by atomic mass is 16.3. The highest BCUT2D eigenvalue weighted by molar-refractivity contribution is 6.23. The summed E-state index contributed by atoms with van der Waals surface area (Å²) in [6.07, 6.45) is 6.98. The van der Waals surface area contributed by atoms with Gasteiger partial charge in [0.2, 0.25) is 12.3 Å². The Bertz CT molecular complexity index is 1890. The van der Waals surface area contributed by atoms with Crippen molar-refractivity contribution < 1.29 is 29.4 Å². The van der Waals surface area contributed by atoms with Gasteiger partial charge in [-0.05, 0) is 86.9 Å². The predicted molar refractivity (Wildman–Crippen MR) is 216 cm³/mol. The number of fused-ring (bicyclic) bond motifs is 2. The zero-order valence-electron chi connectivity index (χ0n) is 32.8. The quantitative estimate of drug-likeness (QED) is 0.126. The van der Waals surface area contributed by atoms with Crippen LogP contribution in [0.2, 0.25) is 0 Å². The van der Waals surface area contributed by atoms with Crippen LogP contribution in [-0.4, -0.2) is 138 Å². The standard InChI is InChI=1S/C42H57N9O6/c1-2-5-36(40(55)46-26-53)51-41(56)32-9-8-29(19-34(32)42(51)57)48-13-10-27(11-14-48)23-49-15-12-28(18-30(49)25-52)22-47-16-17-50-31(24-47)21-45-39(44)37(50)20-35(43)33-6-3-4-7-38(33)54/h3-4,6-9,19-20,26-28,30-31,36,45,52,54H,2,5,10-18,21-25,43-44H2,1H3,(H,46,53,55)/b35-20-. The summed E-state index contributed by atoms with van der Waals surface area (Å²) in [5.41, 5.74) is 16.2. The normalized spacial score (nSPS) is 24.3. The molecule has 0 saturated carbocycles. The van der Waals surface area contributed by atoms with Crippen molar-refractivity contribution in [2.24, 2.45) is 23.3 Å². The van der Waals surface area contributed by atoms with Crippen molar-refractivity contribution in [1.82, 2.24) is 30.2 Å². The van der Waals surface area contributed by atoms with Crippen LogP contribution < -0.4 is 27.0 Å². The van der Waals surface area contributed by atoms with E-state index in [1.54, 1.807) is 30.3 Å². The smallest absolute Gasteiger partial charge is 0.262 e. The number of phenolic OH excluding ortho intramolecular Hbond substituents is 1. The molecule has 5 aliphatic rings. The summed E-state index contributed by atoms with van der Waals surface area (Å²) in [5, 5.41) is 26.3. The summed E-state index contributed by atoms with van der Waals surface area (Å²) in [4.78, 5) is 60.9. The number of nitrogens with two attached hydrogens (primary N) is 2. The Morgan fingerprint density at radius 2 is 1.75 bits per heavy atom. The Kier molecular flexibility index (Phi) is 12.4. The zero-order chi connectivity index (χ0) is 40.2. The molecule has 3 fully saturated rings. The molecule has 2 aromatic carbocycles. The molecule has 15 nitrogen and oxygen atoms in total. The number of aromatic hydroxyl groups is 1. The monoisotopic (exact) mass is 783 g/mol. The van der Waals surface area contributed by atoms with Crippen molar-refractivity contribution in [1.29, 1.82) is 0 Å². The number of carbonyl (C=O) groups is 4. The topological polar surface area (TPSA) is 201 Å². The summed E-state index contributed by atoms with van der Waals surface area (Å²) < 4.78 is 0. The summed E-state index contributed by atoms with van der Waals surface area (Å²) >= 11 is 0. The maximum Gasteiger partial charge on any atom is 0.262 e. The van der Waals surface area contributed by atoms with E-state index in [2.05, 4.69) is 30.2 Å². The number of aliphatic hydroxyl groups excluding tert-OH is 1. The Hall–Kier alpha value is -5.12. The van der Waals surface area contributed by atoms with Crippen LogP contribution in [0.4, 0.5) is 5.69 Å². The number of para-hydroxylation sites is 1. The Balaban J connectivity index is 0.891. The molecular formula is C42H57N9O6. The maximum absolute atomic E-state index is 13.5. The number of benzene rings is 2. The molecule has 57 heavy (non-hydrogen) atoms. The number of carbonyl (C=O) groups excluding carboxylic acids is 4. The van der Waals surface area contributed by atoms with Crippen LogP contribution in [0.15, 0.2) is 60.1 Å². The van der Waals surface area contributed by atoms with Gasteiger partial charge in [0.25, 0.3) is 11.8 Å². The average Bonchev–Trinajstić information content (AvgIpc) is 3.46. The molecule has 4 amide bonds. The number of piperidine rings is 2. The maximum atomic E-state index is 13.5. The van der Waals surface area contributed by atoms with Crippen molar-refractivity contribution >= 4 is 35.5 Å². The first-order chi connectivity index (χ1) is 27.6. The van der Waals surface area contributed by atoms with Crippen LogP contribution in [0.3, 0.4) is 0 Å². The summed E-state index contributed by atoms with van der Waals surface area (Å²) in [7, 11) is 0. The molecule has 8 N–H and O–H groups in total. The van der Waals surface area contributed by atoms with E-state index in [0.717, 1.165) is 101 Å². The number of rotatable bonds is 13. The van der Waals surface area contributed by atoms with Gasteiger partial charge in [0.1, 0.15) is 17.6 Å². The molecular weight excluding hydrogens is 727 g/mol. The largest absolute Gasteiger partial charge is 0.507 e. The van der Waals surface area contributed by atoms with E-state index in [0.29, 0.717) is 40.9 Å². The fourth-order valence-electron chi connectivity index (χ4n) is 9.54. The minimum Gasteiger partial charge on any atom is -0.507 e. The van der Waals surface area contributed by atoms with Gasteiger partial charge >= 0.3 is 0 Å². The second kappa shape index (κ2) is 17.6. The first-order valence-corrected chi connectivity index (χ1v) is 20.4. The first kappa shape index (κ1) is 40.1. The van der Waals surface area contributed by atoms with Gasteiger partial charge in [0.05, 0.1) is 29.5 Å². The third-order valence-corrected chi connectivity index (χ3v) is 12.6. The molecule has 0 spiro atoms. The fraction of sp³-hybridized carbons (Fsp3) is 0.524. The molecule has 2 aromatic rings. The SMILES string of the molecule is CCCC(C(=O)NC=O)N1C(=O)c2ccc(N3CCC(CN4CCC(CN5CCN6C(/C=C(\N)c7ccccc7O)=C(N)NCC6C5)CC4CO)CC3)cc2C1=O. The Morgan fingerprint density at radius 1 is 1.00 bits per heavy atom. The molecule has 15 heteroatoms. The molecule has 0 aromatic heterocycles. The molecule has 5 heterocycles. The summed E-state index contributed by atoms with van der Waals surface area (Å²) in [6, 6.07) is 11.7. The number of likely N-dealkylation sites (tertiary alicyclic amines) is 1. The molecule has 7 rings (SSSR count). The van der Waals surface area contributed by atoms with Crippen molar-refractivity contribution in [3.8, 4) is 5.75 Å². The Labute approximate surface area is 334 Å². The van der Waals surface area contributed by atoms with Crippen LogP contribution in [-0.2, 0) is 9.59 Å². The predicted octanol–water partition coefficient (Wildman–Crippen LogP) is 1.44. The van der Waals surface area contributed by atoms with E-state index in [1.165, 1.54) is 0 Å². The molecule has 5 aliphatic heterocycles. The number of nitrogens with zero attached hydrogens (tertiary/aromatic N) is 5. The second-order valence-electron chi connectivity index (χ2n) is 16.2. The number of nitrogens with one attached hydrogen (secondary N) is 2. The Morgan fingerprint density at radius 3 is 2.49 bits per heavy atom. The van der Waals surface area contributed by atoms with Crippen LogP contribution >= 0.6 is 0 Å². The van der Waals surface area contributed by atoms with Crippen molar-refractivity contribution in [2.45, 2.75) is 63.6 Å². The number of hydrogen-bond acceptors (Lipinski definition) is 13. The van der Waals surface area contributed by atoms with Crippen LogP contribution in [0.25, 0.3) is 5.70 Å². The van der Waals surface area contributed by atoms with Gasteiger partial charge in [-0.3, -0.25) is 39.2 Å². The van der Waals surface area contributed by atoms with Gasteiger partial charge < -0.3 is 36.8 Å². The molecule has 306 valence electrons. The number of imide groups is 2. The van der Waals surface area contributed by atoms with Gasteiger partial charge in [-0.25, -0.2) is 0 Å². The minimum atomic E-state index is -1.04. The highest BCUT2D eigenvalue weighted by Crippen LogP contribution is 2.34. The third kappa shape index (κ3) is 8.46. The van der Waals surface area contributed by atoms with E-state index in [9.17, 15) is 29.4 Å². The fourth-order valence-corrected chi connectivity index (χ4v) is 9.54. The molecule has 0 bridgehead atoms. The van der Waals surface area contributed by atoms with Gasteiger partial charge in [-0.1, -0.05) is 25.5 Å². The number of hydrogen-bond donors (Lipinski definition) is 6. The lowest BCUT2D eigenvalue weighted by Gasteiger charge is -2.48. The van der Waals surface area contributed by atoms with Crippen LogP contribution in [0, 0.1) is 11.8 Å². The molecule has 0 aliphatic carbocycles. The third-order valence-electron chi connectivity index (χ3n) is 12.6. The number of allylic oxidation sites excluding steroid dienone is 1. The van der Waals surface area contributed by atoms with E-state index >= 15 is 0 Å². The van der Waals surface area contributed by atoms with Crippen molar-refractivity contribution in [3.63, 3.8) is 0 Å². The van der Waals surface area contributed by atoms with Crippen LogP contribution in [0.5, 0.6) is 5.75 Å². The molecule has 4 atom stereocenters. The number of aliphatic hydroxyl groups is 1. The van der Waals surface area contributed by atoms with Gasteiger partial charge in [-0.15, -0.1) is 0 Å². The second-order valence-corrected chi connectivity index (χ2v) is 16.2.